The highest BCUT2D eigenvalue weighted by atomic mass is 79.9. The van der Waals surface area contributed by atoms with Gasteiger partial charge in [-0.25, -0.2) is 14.7 Å². The minimum Gasteiger partial charge on any atom is -0.341 e. The Bertz CT molecular complexity index is 807. The number of urea groups is 2. The lowest BCUT2D eigenvalue weighted by Crippen LogP contribution is -2.34. The first-order valence-corrected chi connectivity index (χ1v) is 10.2. The summed E-state index contributed by atoms with van der Waals surface area (Å²) < 4.78 is 0.968. The Balaban J connectivity index is 0.000000291. The number of hydrogen-bond donors (Lipinski definition) is 2. The fourth-order valence-electron chi connectivity index (χ4n) is 1.73. The number of anilines is 2. The predicted octanol–water partition coefficient (Wildman–Crippen LogP) is 4.09. The molecule has 0 radical (unpaired) electrons. The second-order valence-electron chi connectivity index (χ2n) is 6.87. The van der Waals surface area contributed by atoms with Crippen LogP contribution in [0.25, 0.3) is 0 Å². The SMILES string of the molecule is CNC(=O)N(C)c1nnc(C(C)(C)C)s1.CON(C)C(=O)Nc1ccc(Br)cc1. The van der Waals surface area contributed by atoms with E-state index in [-0.39, 0.29) is 17.5 Å². The lowest BCUT2D eigenvalue weighted by molar-refractivity contribution is -0.0598. The van der Waals surface area contributed by atoms with Gasteiger partial charge in [0.25, 0.3) is 0 Å². The van der Waals surface area contributed by atoms with E-state index in [4.69, 9.17) is 4.84 Å². The molecule has 1 aromatic heterocycles. The van der Waals surface area contributed by atoms with Crippen molar-refractivity contribution in [3.8, 4) is 0 Å². The molecular formula is C18H27BrN6O3S. The minimum absolute atomic E-state index is 0.0283. The summed E-state index contributed by atoms with van der Waals surface area (Å²) in [4.78, 5) is 28.8. The maximum atomic E-state index is 11.3. The fourth-order valence-corrected chi connectivity index (χ4v) is 2.85. The number of carbonyl (C=O) groups excluding carboxylic acids is 2. The van der Waals surface area contributed by atoms with Crippen molar-refractivity contribution >= 4 is 50.1 Å². The summed E-state index contributed by atoms with van der Waals surface area (Å²) >= 11 is 4.74. The van der Waals surface area contributed by atoms with Crippen molar-refractivity contribution in [3.63, 3.8) is 0 Å². The van der Waals surface area contributed by atoms with Gasteiger partial charge in [-0.3, -0.25) is 9.74 Å². The van der Waals surface area contributed by atoms with Gasteiger partial charge in [0.05, 0.1) is 7.11 Å². The summed E-state index contributed by atoms with van der Waals surface area (Å²) in [5.41, 5.74) is 0.696. The molecule has 0 saturated carbocycles. The Hall–Kier alpha value is -2.24. The maximum Gasteiger partial charge on any atom is 0.345 e. The molecule has 0 aliphatic rings. The number of nitrogens with zero attached hydrogens (tertiary/aromatic N) is 4. The van der Waals surface area contributed by atoms with Crippen LogP contribution < -0.4 is 15.5 Å². The van der Waals surface area contributed by atoms with Crippen molar-refractivity contribution in [1.82, 2.24) is 20.6 Å². The average Bonchev–Trinajstić information content (AvgIpc) is 3.19. The van der Waals surface area contributed by atoms with Crippen molar-refractivity contribution in [2.24, 2.45) is 0 Å². The van der Waals surface area contributed by atoms with E-state index in [9.17, 15) is 9.59 Å². The Labute approximate surface area is 183 Å². The summed E-state index contributed by atoms with van der Waals surface area (Å²) in [6.45, 7) is 6.20. The smallest absolute Gasteiger partial charge is 0.341 e. The van der Waals surface area contributed by atoms with Crippen LogP contribution in [0, 0.1) is 0 Å². The van der Waals surface area contributed by atoms with Gasteiger partial charge in [0.2, 0.25) is 5.13 Å². The summed E-state index contributed by atoms with van der Waals surface area (Å²) in [6, 6.07) is 6.79. The molecule has 29 heavy (non-hydrogen) atoms. The molecule has 1 heterocycles. The van der Waals surface area contributed by atoms with Crippen LogP contribution in [0.1, 0.15) is 25.8 Å². The fraction of sp³-hybridized carbons (Fsp3) is 0.444. The van der Waals surface area contributed by atoms with Crippen molar-refractivity contribution in [3.05, 3.63) is 33.7 Å². The van der Waals surface area contributed by atoms with Gasteiger partial charge in [-0.05, 0) is 24.3 Å². The summed E-state index contributed by atoms with van der Waals surface area (Å²) in [6.07, 6.45) is 0. The number of hydroxylamine groups is 2. The first kappa shape index (κ1) is 24.8. The zero-order chi connectivity index (χ0) is 22.2. The topological polar surface area (TPSA) is 99.7 Å². The highest BCUT2D eigenvalue weighted by molar-refractivity contribution is 9.10. The number of nitrogens with one attached hydrogen (secondary N) is 2. The van der Waals surface area contributed by atoms with E-state index >= 15 is 0 Å². The first-order chi connectivity index (χ1) is 13.5. The average molecular weight is 487 g/mol. The zero-order valence-electron chi connectivity index (χ0n) is 17.6. The van der Waals surface area contributed by atoms with Gasteiger partial charge in [0, 0.05) is 36.7 Å². The van der Waals surface area contributed by atoms with Crippen molar-refractivity contribution < 1.29 is 14.4 Å². The van der Waals surface area contributed by atoms with E-state index < -0.39 is 0 Å². The number of aromatic nitrogens is 2. The molecule has 2 N–H and O–H groups in total. The third kappa shape index (κ3) is 7.95. The molecule has 0 bridgehead atoms. The Kier molecular flexibility index (Phi) is 9.47. The van der Waals surface area contributed by atoms with Crippen LogP contribution in [0.15, 0.2) is 28.7 Å². The molecule has 11 heteroatoms. The Morgan fingerprint density at radius 1 is 1.10 bits per heavy atom. The largest absolute Gasteiger partial charge is 0.345 e. The van der Waals surface area contributed by atoms with E-state index in [2.05, 4.69) is 57.5 Å². The van der Waals surface area contributed by atoms with Gasteiger partial charge >= 0.3 is 12.1 Å². The van der Waals surface area contributed by atoms with Crippen LogP contribution in [-0.4, -0.2) is 55.6 Å². The van der Waals surface area contributed by atoms with E-state index in [0.717, 1.165) is 20.2 Å². The molecule has 2 aromatic rings. The number of amides is 4. The van der Waals surface area contributed by atoms with Crippen LogP contribution >= 0.6 is 27.3 Å². The molecule has 0 aliphatic carbocycles. The molecular weight excluding hydrogens is 460 g/mol. The normalized spacial score (nSPS) is 10.5. The molecule has 9 nitrogen and oxygen atoms in total. The quantitative estimate of drug-likeness (QED) is 0.636. The van der Waals surface area contributed by atoms with E-state index in [1.807, 2.05) is 12.1 Å². The summed E-state index contributed by atoms with van der Waals surface area (Å²) in [7, 11) is 6.23. The summed E-state index contributed by atoms with van der Waals surface area (Å²) in [5, 5.41) is 15.9. The molecule has 0 fully saturated rings. The van der Waals surface area contributed by atoms with Crippen LogP contribution in [0.2, 0.25) is 0 Å². The lowest BCUT2D eigenvalue weighted by Gasteiger charge is -2.14. The monoisotopic (exact) mass is 486 g/mol. The highest BCUT2D eigenvalue weighted by Crippen LogP contribution is 2.29. The Morgan fingerprint density at radius 3 is 2.14 bits per heavy atom. The van der Waals surface area contributed by atoms with Gasteiger partial charge in [-0.15, -0.1) is 10.2 Å². The number of halogens is 1. The van der Waals surface area contributed by atoms with E-state index in [0.29, 0.717) is 5.13 Å². The Morgan fingerprint density at radius 2 is 1.69 bits per heavy atom. The van der Waals surface area contributed by atoms with Gasteiger partial charge in [0.15, 0.2) is 0 Å². The van der Waals surface area contributed by atoms with Crippen LogP contribution in [0.3, 0.4) is 0 Å². The predicted molar refractivity (Wildman–Crippen MR) is 119 cm³/mol. The molecule has 1 aromatic carbocycles. The first-order valence-electron chi connectivity index (χ1n) is 8.63. The molecule has 0 aliphatic heterocycles. The molecule has 0 spiro atoms. The van der Waals surface area contributed by atoms with Gasteiger partial charge in [0.1, 0.15) is 5.01 Å². The number of carbonyl (C=O) groups is 2. The maximum absolute atomic E-state index is 11.3. The van der Waals surface area contributed by atoms with Crippen molar-refractivity contribution in [2.45, 2.75) is 26.2 Å². The molecule has 0 saturated heterocycles. The second-order valence-corrected chi connectivity index (χ2v) is 8.74. The molecule has 0 atom stereocenters. The van der Waals surface area contributed by atoms with Crippen LogP contribution in [0.4, 0.5) is 20.4 Å². The zero-order valence-corrected chi connectivity index (χ0v) is 20.0. The molecule has 160 valence electrons. The molecule has 2 rings (SSSR count). The minimum atomic E-state index is -0.310. The second kappa shape index (κ2) is 11.1. The lowest BCUT2D eigenvalue weighted by atomic mass is 9.98. The highest BCUT2D eigenvalue weighted by Gasteiger charge is 2.22. The van der Waals surface area contributed by atoms with E-state index in [1.54, 1.807) is 26.2 Å². The third-order valence-electron chi connectivity index (χ3n) is 3.52. The van der Waals surface area contributed by atoms with E-state index in [1.165, 1.54) is 30.4 Å². The van der Waals surface area contributed by atoms with Crippen molar-refractivity contribution in [1.29, 1.82) is 0 Å². The van der Waals surface area contributed by atoms with Crippen molar-refractivity contribution in [2.75, 3.05) is 38.5 Å². The van der Waals surface area contributed by atoms with Gasteiger partial charge in [-0.2, -0.15) is 0 Å². The number of hydrogen-bond acceptors (Lipinski definition) is 6. The van der Waals surface area contributed by atoms with Crippen LogP contribution in [0.5, 0.6) is 0 Å². The third-order valence-corrected chi connectivity index (χ3v) is 5.47. The molecule has 4 amide bonds. The number of rotatable bonds is 3. The summed E-state index contributed by atoms with van der Waals surface area (Å²) in [5.74, 6) is 0. The standard InChI is InChI=1S/C9H11BrN2O2.C9H16N4OS/c1-12(14-2)9(13)11-8-5-3-7(10)4-6-8;1-9(2,3)6-11-12-8(15-6)13(5)7(14)10-4/h3-6H,1-2H3,(H,11,13);1-5H3,(H,10,14). The number of benzene rings is 1. The van der Waals surface area contributed by atoms with Gasteiger partial charge in [-0.1, -0.05) is 48.0 Å². The van der Waals surface area contributed by atoms with Crippen LogP contribution in [-0.2, 0) is 10.3 Å². The van der Waals surface area contributed by atoms with Gasteiger partial charge < -0.3 is 10.6 Å². The molecule has 0 unspecified atom stereocenters.